The maximum atomic E-state index is 14.5. The first-order chi connectivity index (χ1) is 18.5. The van der Waals surface area contributed by atoms with E-state index in [1.807, 2.05) is 24.5 Å². The Balaban J connectivity index is 1.40. The predicted molar refractivity (Wildman–Crippen MR) is 146 cm³/mol. The normalized spacial score (nSPS) is 19.2. The molecule has 9 heteroatoms. The predicted octanol–water partition coefficient (Wildman–Crippen LogP) is 5.45. The fourth-order valence-corrected chi connectivity index (χ4v) is 5.57. The molecule has 6 heterocycles. The molecular formula is C29H29FN8. The number of hydrogen-bond acceptors (Lipinski definition) is 7. The molecule has 1 saturated carbocycles. The fourth-order valence-electron chi connectivity index (χ4n) is 5.57. The van der Waals surface area contributed by atoms with Crippen molar-refractivity contribution in [2.75, 3.05) is 18.4 Å². The van der Waals surface area contributed by atoms with E-state index in [9.17, 15) is 4.39 Å². The Bertz CT molecular complexity index is 1670. The molecule has 2 aliphatic rings. The van der Waals surface area contributed by atoms with Gasteiger partial charge in [0.25, 0.3) is 0 Å². The summed E-state index contributed by atoms with van der Waals surface area (Å²) in [5.74, 6) is 1.55. The number of halogens is 1. The van der Waals surface area contributed by atoms with Crippen LogP contribution in [0.5, 0.6) is 0 Å². The molecule has 8 nitrogen and oxygen atoms in total. The Labute approximate surface area is 219 Å². The van der Waals surface area contributed by atoms with Crippen molar-refractivity contribution in [2.24, 2.45) is 5.41 Å². The molecule has 0 unspecified atom stereocenters. The molecule has 38 heavy (non-hydrogen) atoms. The van der Waals surface area contributed by atoms with Crippen molar-refractivity contribution in [3.8, 4) is 22.8 Å². The molecule has 0 bridgehead atoms. The zero-order chi connectivity index (χ0) is 25.9. The molecule has 3 N–H and O–H groups in total. The highest BCUT2D eigenvalue weighted by Crippen LogP contribution is 2.45. The maximum Gasteiger partial charge on any atom is 0.163 e. The Morgan fingerprint density at radius 1 is 1.05 bits per heavy atom. The second kappa shape index (κ2) is 8.80. The van der Waals surface area contributed by atoms with Gasteiger partial charge in [-0.25, -0.2) is 19.3 Å². The van der Waals surface area contributed by atoms with Crippen LogP contribution in [-0.4, -0.2) is 49.0 Å². The van der Waals surface area contributed by atoms with Crippen molar-refractivity contribution in [1.29, 1.82) is 0 Å². The molecule has 1 aliphatic carbocycles. The van der Waals surface area contributed by atoms with Crippen LogP contribution >= 0.6 is 0 Å². The van der Waals surface area contributed by atoms with Crippen LogP contribution in [0.1, 0.15) is 44.6 Å². The number of aromatic amines is 1. The number of pyridine rings is 3. The summed E-state index contributed by atoms with van der Waals surface area (Å²) in [6, 6.07) is 7.03. The van der Waals surface area contributed by atoms with Crippen LogP contribution in [0, 0.1) is 11.2 Å². The van der Waals surface area contributed by atoms with Gasteiger partial charge in [0.1, 0.15) is 17.2 Å². The topological polar surface area (TPSA) is 104 Å². The molecule has 0 radical (unpaired) electrons. The van der Waals surface area contributed by atoms with Gasteiger partial charge in [-0.05, 0) is 67.0 Å². The molecule has 1 atom stereocenters. The van der Waals surface area contributed by atoms with Crippen LogP contribution in [0.25, 0.3) is 44.7 Å². The highest BCUT2D eigenvalue weighted by molar-refractivity contribution is 5.98. The summed E-state index contributed by atoms with van der Waals surface area (Å²) in [6.45, 7) is 6.48. The summed E-state index contributed by atoms with van der Waals surface area (Å²) in [6.07, 6.45) is 10.5. The summed E-state index contributed by atoms with van der Waals surface area (Å²) in [5.41, 5.74) is 4.37. The quantitative estimate of drug-likeness (QED) is 0.290. The molecule has 2 fully saturated rings. The monoisotopic (exact) mass is 508 g/mol. The third-order valence-corrected chi connectivity index (χ3v) is 7.88. The van der Waals surface area contributed by atoms with Gasteiger partial charge in [-0.15, -0.1) is 0 Å². The number of nitrogens with zero attached hydrogens (tertiary/aromatic N) is 5. The number of hydrogen-bond donors (Lipinski definition) is 3. The van der Waals surface area contributed by atoms with Crippen LogP contribution < -0.4 is 10.6 Å². The molecule has 0 aromatic carbocycles. The van der Waals surface area contributed by atoms with Gasteiger partial charge in [-0.3, -0.25) is 9.97 Å². The first-order valence-corrected chi connectivity index (χ1v) is 13.2. The fraction of sp³-hybridized carbons (Fsp3) is 0.345. The van der Waals surface area contributed by atoms with Crippen LogP contribution in [0.2, 0.25) is 0 Å². The zero-order valence-electron chi connectivity index (χ0n) is 21.4. The summed E-state index contributed by atoms with van der Waals surface area (Å²) in [4.78, 5) is 26.6. The van der Waals surface area contributed by atoms with Gasteiger partial charge in [-0.1, -0.05) is 13.8 Å². The molecule has 5 aromatic rings. The van der Waals surface area contributed by atoms with E-state index in [-0.39, 0.29) is 17.2 Å². The smallest absolute Gasteiger partial charge is 0.163 e. The molecule has 5 aromatic heterocycles. The first-order valence-electron chi connectivity index (χ1n) is 13.2. The van der Waals surface area contributed by atoms with E-state index >= 15 is 0 Å². The minimum absolute atomic E-state index is 0.0642. The van der Waals surface area contributed by atoms with Gasteiger partial charge in [0.2, 0.25) is 0 Å². The minimum Gasteiger partial charge on any atom is -0.366 e. The zero-order valence-corrected chi connectivity index (χ0v) is 21.4. The van der Waals surface area contributed by atoms with E-state index in [0.29, 0.717) is 23.1 Å². The SMILES string of the molecule is CC1(C)CNCC[C@@H]1Nc1nc(-c2ccnc3[nH]c(-c4ncccc4F)cc23)nc2cncc(C3CC3)c12. The van der Waals surface area contributed by atoms with Gasteiger partial charge in [0.15, 0.2) is 11.6 Å². The summed E-state index contributed by atoms with van der Waals surface area (Å²) in [7, 11) is 0. The second-order valence-electron chi connectivity index (χ2n) is 11.1. The largest absolute Gasteiger partial charge is 0.366 e. The number of nitrogens with one attached hydrogen (secondary N) is 3. The Morgan fingerprint density at radius 3 is 2.76 bits per heavy atom. The van der Waals surface area contributed by atoms with E-state index in [2.05, 4.69) is 44.4 Å². The van der Waals surface area contributed by atoms with Crippen molar-refractivity contribution in [2.45, 2.75) is 45.1 Å². The lowest BCUT2D eigenvalue weighted by molar-refractivity contribution is 0.236. The van der Waals surface area contributed by atoms with E-state index in [4.69, 9.17) is 9.97 Å². The van der Waals surface area contributed by atoms with Crippen molar-refractivity contribution in [3.63, 3.8) is 0 Å². The van der Waals surface area contributed by atoms with E-state index < -0.39 is 5.82 Å². The molecule has 1 aliphatic heterocycles. The Hall–Kier alpha value is -3.98. The number of rotatable bonds is 5. The van der Waals surface area contributed by atoms with Crippen LogP contribution in [0.3, 0.4) is 0 Å². The van der Waals surface area contributed by atoms with Gasteiger partial charge < -0.3 is 15.6 Å². The van der Waals surface area contributed by atoms with E-state index in [1.54, 1.807) is 18.5 Å². The first kappa shape index (κ1) is 23.2. The third kappa shape index (κ3) is 3.98. The molecule has 0 spiro atoms. The number of piperidine rings is 1. The Morgan fingerprint density at radius 2 is 1.95 bits per heavy atom. The van der Waals surface area contributed by atoms with Gasteiger partial charge in [0.05, 0.1) is 17.4 Å². The molecular weight excluding hydrogens is 479 g/mol. The molecule has 1 saturated heterocycles. The lowest BCUT2D eigenvalue weighted by Crippen LogP contribution is -2.49. The van der Waals surface area contributed by atoms with Gasteiger partial charge >= 0.3 is 0 Å². The molecule has 0 amide bonds. The van der Waals surface area contributed by atoms with Crippen LogP contribution in [0.15, 0.2) is 49.1 Å². The van der Waals surface area contributed by atoms with Crippen molar-refractivity contribution in [1.82, 2.24) is 35.2 Å². The average Bonchev–Trinajstić information content (AvgIpc) is 3.67. The highest BCUT2D eigenvalue weighted by Gasteiger charge is 2.34. The number of aromatic nitrogens is 6. The van der Waals surface area contributed by atoms with Crippen molar-refractivity contribution >= 4 is 27.8 Å². The third-order valence-electron chi connectivity index (χ3n) is 7.88. The summed E-state index contributed by atoms with van der Waals surface area (Å²) >= 11 is 0. The van der Waals surface area contributed by atoms with Crippen LogP contribution in [-0.2, 0) is 0 Å². The van der Waals surface area contributed by atoms with Crippen LogP contribution in [0.4, 0.5) is 10.2 Å². The van der Waals surface area contributed by atoms with Crippen molar-refractivity contribution < 1.29 is 4.39 Å². The van der Waals surface area contributed by atoms with Crippen molar-refractivity contribution in [3.05, 3.63) is 60.4 Å². The maximum absolute atomic E-state index is 14.5. The summed E-state index contributed by atoms with van der Waals surface area (Å²) in [5, 5.41) is 9.23. The molecule has 7 rings (SSSR count). The van der Waals surface area contributed by atoms with E-state index in [1.165, 1.54) is 24.5 Å². The van der Waals surface area contributed by atoms with Gasteiger partial charge in [0, 0.05) is 47.5 Å². The Kier molecular flexibility index (Phi) is 5.36. The number of fused-ring (bicyclic) bond motifs is 2. The standard InChI is InChI=1S/C29H29FN8/c1-29(2)15-31-10-8-23(29)37-28-24-19(16-5-6-16)13-32-14-22(24)36-27(38-28)17-7-11-34-26-18(17)12-21(35-26)25-20(30)4-3-9-33-25/h3-4,7,9,11-14,16,23,31H,5-6,8,10,15H2,1-2H3,(H,34,35)(H,36,37,38)/t23-/m0/s1. The highest BCUT2D eigenvalue weighted by atomic mass is 19.1. The lowest BCUT2D eigenvalue weighted by atomic mass is 9.80. The lowest BCUT2D eigenvalue weighted by Gasteiger charge is -2.40. The van der Waals surface area contributed by atoms with Gasteiger partial charge in [-0.2, -0.15) is 0 Å². The average molecular weight is 509 g/mol. The van der Waals surface area contributed by atoms with E-state index in [0.717, 1.165) is 47.2 Å². The number of H-pyrrole nitrogens is 1. The molecule has 192 valence electrons. The summed E-state index contributed by atoms with van der Waals surface area (Å²) < 4.78 is 14.5. The second-order valence-corrected chi connectivity index (χ2v) is 11.1. The number of anilines is 1. The minimum atomic E-state index is -0.391.